The molecule has 0 saturated carbocycles. The van der Waals surface area contributed by atoms with Gasteiger partial charge in [-0.3, -0.25) is 9.52 Å². The highest BCUT2D eigenvalue weighted by molar-refractivity contribution is 7.92. The van der Waals surface area contributed by atoms with Crippen molar-refractivity contribution in [3.63, 3.8) is 0 Å². The molecule has 168 valence electrons. The first-order chi connectivity index (χ1) is 15.2. The summed E-state index contributed by atoms with van der Waals surface area (Å²) in [5.41, 5.74) is 1.34. The topological polar surface area (TPSA) is 93.7 Å². The van der Waals surface area contributed by atoms with Crippen molar-refractivity contribution in [1.29, 1.82) is 0 Å². The maximum atomic E-state index is 13.3. The van der Waals surface area contributed by atoms with E-state index in [1.54, 1.807) is 19.1 Å². The summed E-state index contributed by atoms with van der Waals surface area (Å²) in [5, 5.41) is 2.83. The number of carbonyl (C=O) groups is 1. The third-order valence-corrected chi connectivity index (χ3v) is 6.07. The Labute approximate surface area is 190 Å². The van der Waals surface area contributed by atoms with Gasteiger partial charge in [0.15, 0.2) is 6.61 Å². The van der Waals surface area contributed by atoms with Crippen molar-refractivity contribution < 1.29 is 27.1 Å². The zero-order valence-corrected chi connectivity index (χ0v) is 18.8. The summed E-state index contributed by atoms with van der Waals surface area (Å²) in [5.74, 6) is -0.224. The summed E-state index contributed by atoms with van der Waals surface area (Å²) in [6.07, 6.45) is 0. The number of aryl methyl sites for hydroxylation is 1. The molecule has 0 atom stereocenters. The molecule has 0 aliphatic carbocycles. The number of amides is 1. The lowest BCUT2D eigenvalue weighted by Crippen LogP contribution is -2.20. The molecule has 0 radical (unpaired) electrons. The summed E-state index contributed by atoms with van der Waals surface area (Å²) >= 11 is 6.03. The van der Waals surface area contributed by atoms with Crippen LogP contribution in [-0.2, 0) is 14.8 Å². The molecule has 7 nitrogen and oxygen atoms in total. The van der Waals surface area contributed by atoms with E-state index in [9.17, 15) is 17.6 Å². The number of halogens is 2. The zero-order valence-electron chi connectivity index (χ0n) is 17.2. The van der Waals surface area contributed by atoms with Crippen LogP contribution in [0.4, 0.5) is 15.8 Å². The number of hydrogen-bond donors (Lipinski definition) is 2. The highest BCUT2D eigenvalue weighted by Crippen LogP contribution is 2.28. The van der Waals surface area contributed by atoms with Crippen LogP contribution in [0.15, 0.2) is 65.6 Å². The fourth-order valence-corrected chi connectivity index (χ4v) is 4.03. The van der Waals surface area contributed by atoms with E-state index in [1.165, 1.54) is 55.6 Å². The van der Waals surface area contributed by atoms with Crippen molar-refractivity contribution in [3.05, 3.63) is 77.1 Å². The van der Waals surface area contributed by atoms with E-state index in [0.29, 0.717) is 22.7 Å². The summed E-state index contributed by atoms with van der Waals surface area (Å²) in [7, 11) is -2.41. The Balaban J connectivity index is 1.61. The maximum Gasteiger partial charge on any atom is 0.262 e. The molecule has 1 amide bonds. The number of carbonyl (C=O) groups excluding carboxylic acids is 1. The number of benzene rings is 3. The summed E-state index contributed by atoms with van der Waals surface area (Å²) < 4.78 is 51.4. The van der Waals surface area contributed by atoms with Crippen LogP contribution in [-0.4, -0.2) is 28.0 Å². The first-order valence-electron chi connectivity index (χ1n) is 9.33. The Morgan fingerprint density at radius 1 is 1.06 bits per heavy atom. The minimum atomic E-state index is -3.87. The Bertz CT molecular complexity index is 1230. The number of anilines is 2. The van der Waals surface area contributed by atoms with Crippen molar-refractivity contribution in [1.82, 2.24) is 0 Å². The second-order valence-electron chi connectivity index (χ2n) is 6.72. The normalized spacial score (nSPS) is 11.0. The highest BCUT2D eigenvalue weighted by atomic mass is 35.5. The molecule has 0 unspecified atom stereocenters. The van der Waals surface area contributed by atoms with Crippen LogP contribution in [0.5, 0.6) is 11.5 Å². The minimum absolute atomic E-state index is 0.00312. The number of nitrogens with one attached hydrogen (secondary N) is 2. The monoisotopic (exact) mass is 478 g/mol. The van der Waals surface area contributed by atoms with Crippen LogP contribution in [0.25, 0.3) is 0 Å². The molecule has 3 rings (SSSR count). The second kappa shape index (κ2) is 9.88. The second-order valence-corrected chi connectivity index (χ2v) is 8.81. The van der Waals surface area contributed by atoms with Gasteiger partial charge in [0.05, 0.1) is 22.7 Å². The zero-order chi connectivity index (χ0) is 23.3. The van der Waals surface area contributed by atoms with Crippen LogP contribution < -0.4 is 19.5 Å². The predicted octanol–water partition coefficient (Wildman–Crippen LogP) is 4.61. The first kappa shape index (κ1) is 23.4. The van der Waals surface area contributed by atoms with Gasteiger partial charge in [0.25, 0.3) is 15.9 Å². The summed E-state index contributed by atoms with van der Waals surface area (Å²) in [4.78, 5) is 12.1. The smallest absolute Gasteiger partial charge is 0.262 e. The van der Waals surface area contributed by atoms with Gasteiger partial charge in [0.2, 0.25) is 0 Å². The number of methoxy groups -OCH3 is 1. The van der Waals surface area contributed by atoms with E-state index in [2.05, 4.69) is 10.0 Å². The molecule has 0 aromatic heterocycles. The number of rotatable bonds is 8. The molecule has 0 aliphatic rings. The molecule has 0 saturated heterocycles. The third-order valence-electron chi connectivity index (χ3n) is 4.38. The van der Waals surface area contributed by atoms with Crippen LogP contribution in [0.2, 0.25) is 5.02 Å². The fourth-order valence-electron chi connectivity index (χ4n) is 2.72. The minimum Gasteiger partial charge on any atom is -0.495 e. The van der Waals surface area contributed by atoms with Gasteiger partial charge in [0, 0.05) is 5.69 Å². The van der Waals surface area contributed by atoms with Gasteiger partial charge in [-0.05, 0) is 67.1 Å². The van der Waals surface area contributed by atoms with Crippen molar-refractivity contribution >= 4 is 38.9 Å². The average molecular weight is 479 g/mol. The quantitative estimate of drug-likeness (QED) is 0.493. The van der Waals surface area contributed by atoms with E-state index >= 15 is 0 Å². The Hall–Kier alpha value is -3.30. The van der Waals surface area contributed by atoms with Crippen molar-refractivity contribution in [2.45, 2.75) is 11.8 Å². The molecule has 0 spiro atoms. The van der Waals surface area contributed by atoms with Gasteiger partial charge in [-0.2, -0.15) is 0 Å². The molecule has 0 fully saturated rings. The standard InChI is InChI=1S/C22H20ClFN2O5S/c1-14-3-4-15(24)11-20(14)25-22(27)13-31-17-6-8-18(9-7-17)32(28,29)26-16-5-10-21(30-2)19(23)12-16/h3-12,26H,13H2,1-2H3,(H,25,27). The first-order valence-corrected chi connectivity index (χ1v) is 11.2. The van der Waals surface area contributed by atoms with Crippen LogP contribution >= 0.6 is 11.6 Å². The maximum absolute atomic E-state index is 13.3. The van der Waals surface area contributed by atoms with Crippen LogP contribution in [0.1, 0.15) is 5.56 Å². The van der Waals surface area contributed by atoms with Gasteiger partial charge < -0.3 is 14.8 Å². The lowest BCUT2D eigenvalue weighted by molar-refractivity contribution is -0.118. The predicted molar refractivity (Wildman–Crippen MR) is 121 cm³/mol. The van der Waals surface area contributed by atoms with E-state index < -0.39 is 21.7 Å². The number of sulfonamides is 1. The van der Waals surface area contributed by atoms with Crippen LogP contribution in [0, 0.1) is 12.7 Å². The van der Waals surface area contributed by atoms with Gasteiger partial charge in [-0.25, -0.2) is 12.8 Å². The molecule has 2 N–H and O–H groups in total. The highest BCUT2D eigenvalue weighted by Gasteiger charge is 2.15. The van der Waals surface area contributed by atoms with Crippen LogP contribution in [0.3, 0.4) is 0 Å². The van der Waals surface area contributed by atoms with E-state index in [-0.39, 0.29) is 22.2 Å². The van der Waals surface area contributed by atoms with E-state index in [4.69, 9.17) is 21.1 Å². The van der Waals surface area contributed by atoms with Crippen molar-refractivity contribution in [2.24, 2.45) is 0 Å². The Morgan fingerprint density at radius 2 is 1.78 bits per heavy atom. The van der Waals surface area contributed by atoms with Gasteiger partial charge in [-0.1, -0.05) is 17.7 Å². The molecule has 0 heterocycles. The largest absolute Gasteiger partial charge is 0.495 e. The van der Waals surface area contributed by atoms with E-state index in [1.807, 2.05) is 0 Å². The SMILES string of the molecule is COc1ccc(NS(=O)(=O)c2ccc(OCC(=O)Nc3cc(F)ccc3C)cc2)cc1Cl. The number of hydrogen-bond acceptors (Lipinski definition) is 5. The van der Waals surface area contributed by atoms with Gasteiger partial charge in [-0.15, -0.1) is 0 Å². The molecule has 32 heavy (non-hydrogen) atoms. The summed E-state index contributed by atoms with van der Waals surface area (Å²) in [6.45, 7) is 1.41. The molecule has 3 aromatic rings. The lowest BCUT2D eigenvalue weighted by atomic mass is 10.2. The lowest BCUT2D eigenvalue weighted by Gasteiger charge is -2.11. The third kappa shape index (κ3) is 5.89. The molecular weight excluding hydrogens is 459 g/mol. The average Bonchev–Trinajstić information content (AvgIpc) is 2.75. The molecule has 10 heteroatoms. The Kier molecular flexibility index (Phi) is 7.22. The van der Waals surface area contributed by atoms with Gasteiger partial charge >= 0.3 is 0 Å². The van der Waals surface area contributed by atoms with Crippen molar-refractivity contribution in [2.75, 3.05) is 23.8 Å². The molecule has 0 bridgehead atoms. The molecule has 3 aromatic carbocycles. The fraction of sp³-hybridized carbons (Fsp3) is 0.136. The van der Waals surface area contributed by atoms with E-state index in [0.717, 1.165) is 0 Å². The summed E-state index contributed by atoms with van der Waals surface area (Å²) in [6, 6.07) is 14.1. The van der Waals surface area contributed by atoms with Gasteiger partial charge in [0.1, 0.15) is 17.3 Å². The molecule has 0 aliphatic heterocycles. The number of ether oxygens (including phenoxy) is 2. The van der Waals surface area contributed by atoms with Crippen molar-refractivity contribution in [3.8, 4) is 11.5 Å². The molecular formula is C22H20ClFN2O5S. The Morgan fingerprint density at radius 3 is 2.44 bits per heavy atom.